The summed E-state index contributed by atoms with van der Waals surface area (Å²) in [5.41, 5.74) is 9.99. The van der Waals surface area contributed by atoms with Crippen LogP contribution in [0.15, 0.2) is 54.7 Å². The van der Waals surface area contributed by atoms with Crippen molar-refractivity contribution in [1.29, 1.82) is 0 Å². The molecule has 1 saturated heterocycles. The number of aliphatic carboxylic acids is 1. The summed E-state index contributed by atoms with van der Waals surface area (Å²) in [6, 6.07) is 14.1. The van der Waals surface area contributed by atoms with E-state index < -0.39 is 12.0 Å². The monoisotopic (exact) mass is 395 g/mol. The Bertz CT molecular complexity index is 780. The van der Waals surface area contributed by atoms with Gasteiger partial charge in [-0.05, 0) is 56.5 Å². The van der Waals surface area contributed by atoms with Gasteiger partial charge in [-0.15, -0.1) is 0 Å². The predicted molar refractivity (Wildman–Crippen MR) is 119 cm³/mol. The highest BCUT2D eigenvalue weighted by Gasteiger charge is 2.14. The molecule has 1 fully saturated rings. The van der Waals surface area contributed by atoms with Crippen molar-refractivity contribution in [2.45, 2.75) is 39.7 Å². The zero-order valence-corrected chi connectivity index (χ0v) is 17.7. The molecule has 2 aromatic rings. The van der Waals surface area contributed by atoms with Gasteiger partial charge in [-0.1, -0.05) is 55.8 Å². The largest absolute Gasteiger partial charge is 0.480 e. The lowest BCUT2D eigenvalue weighted by atomic mass is 10.0. The van der Waals surface area contributed by atoms with Crippen LogP contribution in [0.25, 0.3) is 5.57 Å². The molecule has 3 rings (SSSR count). The van der Waals surface area contributed by atoms with E-state index >= 15 is 0 Å². The quantitative estimate of drug-likeness (QED) is 0.774. The second-order valence-corrected chi connectivity index (χ2v) is 7.81. The zero-order chi connectivity index (χ0) is 21.2. The molecule has 3 N–H and O–H groups in total. The van der Waals surface area contributed by atoms with Gasteiger partial charge < -0.3 is 10.8 Å². The van der Waals surface area contributed by atoms with E-state index in [1.807, 2.05) is 12.3 Å². The molecule has 0 bridgehead atoms. The van der Waals surface area contributed by atoms with E-state index in [9.17, 15) is 4.79 Å². The van der Waals surface area contributed by atoms with Crippen molar-refractivity contribution in [3.8, 4) is 0 Å². The fourth-order valence-electron chi connectivity index (χ4n) is 3.10. The van der Waals surface area contributed by atoms with E-state index in [-0.39, 0.29) is 5.92 Å². The molecule has 5 heteroatoms. The van der Waals surface area contributed by atoms with Crippen LogP contribution in [0, 0.1) is 12.8 Å². The fraction of sp³-hybridized carbons (Fsp3) is 0.417. The van der Waals surface area contributed by atoms with Gasteiger partial charge in [0.15, 0.2) is 0 Å². The fourth-order valence-corrected chi connectivity index (χ4v) is 3.10. The summed E-state index contributed by atoms with van der Waals surface area (Å²) in [5, 5.41) is 8.23. The summed E-state index contributed by atoms with van der Waals surface area (Å²) in [5.74, 6) is -0.910. The number of rotatable bonds is 6. The minimum absolute atomic E-state index is 0.0208. The van der Waals surface area contributed by atoms with E-state index in [1.165, 1.54) is 42.6 Å². The Morgan fingerprint density at radius 1 is 1.17 bits per heavy atom. The highest BCUT2D eigenvalue weighted by Crippen LogP contribution is 2.22. The highest BCUT2D eigenvalue weighted by molar-refractivity contribution is 5.78. The third kappa shape index (κ3) is 7.44. The van der Waals surface area contributed by atoms with Gasteiger partial charge in [0.2, 0.25) is 0 Å². The van der Waals surface area contributed by atoms with Crippen LogP contribution < -0.4 is 5.73 Å². The lowest BCUT2D eigenvalue weighted by Crippen LogP contribution is -2.34. The summed E-state index contributed by atoms with van der Waals surface area (Å²) >= 11 is 0. The summed E-state index contributed by atoms with van der Waals surface area (Å²) in [4.78, 5) is 17.1. The van der Waals surface area contributed by atoms with E-state index in [1.54, 1.807) is 13.8 Å². The molecule has 0 saturated carbocycles. The zero-order valence-electron chi connectivity index (χ0n) is 17.7. The number of nitrogens with two attached hydrogens (primary N) is 1. The van der Waals surface area contributed by atoms with Gasteiger partial charge in [0, 0.05) is 18.3 Å². The lowest BCUT2D eigenvalue weighted by Gasteiger charge is -2.14. The minimum Gasteiger partial charge on any atom is -0.480 e. The molecule has 1 aromatic carbocycles. The van der Waals surface area contributed by atoms with Crippen LogP contribution in [0.4, 0.5) is 0 Å². The summed E-state index contributed by atoms with van der Waals surface area (Å²) in [7, 11) is 0. The number of pyridine rings is 1. The van der Waals surface area contributed by atoms with E-state index in [2.05, 4.69) is 59.3 Å². The van der Waals surface area contributed by atoms with Crippen LogP contribution in [0.5, 0.6) is 0 Å². The summed E-state index contributed by atoms with van der Waals surface area (Å²) < 4.78 is 0. The molecule has 29 heavy (non-hydrogen) atoms. The number of hydrogen-bond acceptors (Lipinski definition) is 4. The minimum atomic E-state index is -0.931. The molecule has 2 heterocycles. The molecular formula is C24H33N3O2. The first-order valence-corrected chi connectivity index (χ1v) is 10.3. The molecule has 1 aliphatic heterocycles. The third-order valence-electron chi connectivity index (χ3n) is 5.06. The van der Waals surface area contributed by atoms with Crippen LogP contribution in [-0.4, -0.2) is 46.6 Å². The number of hydrogen-bond donors (Lipinski definition) is 2. The Morgan fingerprint density at radius 3 is 2.31 bits per heavy atom. The molecule has 1 atom stereocenters. The van der Waals surface area contributed by atoms with E-state index in [0.717, 1.165) is 12.2 Å². The molecule has 0 spiro atoms. The van der Waals surface area contributed by atoms with Crippen LogP contribution in [0.1, 0.15) is 43.5 Å². The number of carboxylic acid groups (broad SMARTS) is 1. The molecule has 1 aliphatic rings. The summed E-state index contributed by atoms with van der Waals surface area (Å²) in [6.45, 7) is 9.13. The van der Waals surface area contributed by atoms with Gasteiger partial charge >= 0.3 is 5.97 Å². The molecular weight excluding hydrogens is 362 g/mol. The van der Waals surface area contributed by atoms with Crippen LogP contribution in [0.3, 0.4) is 0 Å². The molecule has 0 amide bonds. The normalized spacial score (nSPS) is 15.7. The number of nitrogens with zero attached hydrogens (tertiary/aromatic N) is 2. The molecule has 0 unspecified atom stereocenters. The van der Waals surface area contributed by atoms with Gasteiger partial charge in [0.1, 0.15) is 6.04 Å². The Labute approximate surface area is 174 Å². The Kier molecular flexibility index (Phi) is 9.03. The van der Waals surface area contributed by atoms with Gasteiger partial charge in [0.05, 0.1) is 5.69 Å². The lowest BCUT2D eigenvalue weighted by molar-refractivity contribution is -0.139. The SMILES string of the molecule is CC(C)[C@H](N)C(=O)O.Cc1ccc(/C(=C\CN2CCCC2)c2ccccn2)cc1. The van der Waals surface area contributed by atoms with Crippen molar-refractivity contribution in [2.75, 3.05) is 19.6 Å². The van der Waals surface area contributed by atoms with E-state index in [0.29, 0.717) is 0 Å². The molecule has 0 radical (unpaired) electrons. The standard InChI is InChI=1S/C19H22N2.C5H11NO2/c1-16-7-9-17(10-8-16)18(19-6-2-3-12-20-19)11-15-21-13-4-5-14-21;1-3(2)4(6)5(7)8/h2-3,6-12H,4-5,13-15H2,1H3;3-4H,6H2,1-2H3,(H,7,8)/b18-11+;/t;4-/m.0/s1. The van der Waals surface area contributed by atoms with Crippen molar-refractivity contribution in [1.82, 2.24) is 9.88 Å². The number of benzene rings is 1. The maximum absolute atomic E-state index is 10.0. The third-order valence-corrected chi connectivity index (χ3v) is 5.06. The van der Waals surface area contributed by atoms with Crippen LogP contribution in [-0.2, 0) is 4.79 Å². The molecule has 0 aliphatic carbocycles. The number of carboxylic acids is 1. The molecule has 156 valence electrons. The van der Waals surface area contributed by atoms with Gasteiger partial charge in [-0.25, -0.2) is 0 Å². The van der Waals surface area contributed by atoms with Gasteiger partial charge in [-0.2, -0.15) is 0 Å². The van der Waals surface area contributed by atoms with Gasteiger partial charge in [0.25, 0.3) is 0 Å². The predicted octanol–water partition coefficient (Wildman–Crippen LogP) is 3.97. The van der Waals surface area contributed by atoms with E-state index in [4.69, 9.17) is 10.8 Å². The van der Waals surface area contributed by atoms with Crippen LogP contribution in [0.2, 0.25) is 0 Å². The Hall–Kier alpha value is -2.50. The number of aromatic nitrogens is 1. The average Bonchev–Trinajstić information content (AvgIpc) is 3.23. The average molecular weight is 396 g/mol. The maximum atomic E-state index is 10.0. The second-order valence-electron chi connectivity index (χ2n) is 7.81. The van der Waals surface area contributed by atoms with Crippen molar-refractivity contribution >= 4 is 11.5 Å². The van der Waals surface area contributed by atoms with Crippen LogP contribution >= 0.6 is 0 Å². The first-order valence-electron chi connectivity index (χ1n) is 10.3. The van der Waals surface area contributed by atoms with Crippen molar-refractivity contribution < 1.29 is 9.90 Å². The molecule has 1 aromatic heterocycles. The van der Waals surface area contributed by atoms with Crippen molar-refractivity contribution in [3.05, 3.63) is 71.6 Å². The first kappa shape index (κ1) is 22.8. The first-order chi connectivity index (χ1) is 13.9. The second kappa shape index (κ2) is 11.5. The number of likely N-dealkylation sites (tertiary alicyclic amines) is 1. The highest BCUT2D eigenvalue weighted by atomic mass is 16.4. The van der Waals surface area contributed by atoms with Crippen molar-refractivity contribution in [2.24, 2.45) is 11.7 Å². The van der Waals surface area contributed by atoms with Gasteiger partial charge in [-0.3, -0.25) is 14.7 Å². The number of aryl methyl sites for hydroxylation is 1. The smallest absolute Gasteiger partial charge is 0.320 e. The van der Waals surface area contributed by atoms with Crippen molar-refractivity contribution in [3.63, 3.8) is 0 Å². The Morgan fingerprint density at radius 2 is 1.83 bits per heavy atom. The number of carbonyl (C=O) groups is 1. The summed E-state index contributed by atoms with van der Waals surface area (Å²) in [6.07, 6.45) is 6.86. The topological polar surface area (TPSA) is 79.5 Å². The Balaban J connectivity index is 0.000000321. The molecule has 5 nitrogen and oxygen atoms in total. The maximum Gasteiger partial charge on any atom is 0.320 e.